The number of nitrogens with zero attached hydrogens (tertiary/aromatic N) is 2. The highest BCUT2D eigenvalue weighted by molar-refractivity contribution is 5.81. The van der Waals surface area contributed by atoms with E-state index >= 15 is 0 Å². The molecule has 1 aromatic heterocycles. The van der Waals surface area contributed by atoms with Crippen molar-refractivity contribution in [3.63, 3.8) is 0 Å². The molecule has 1 aliphatic heterocycles. The first-order valence-corrected chi connectivity index (χ1v) is 10.7. The standard InChI is InChI=1S/C24H31N3O2/c1-17-6-5-7-20(23(17)29-2)16-27-14-11-18(12-15-27)22(21-8-3-4-13-25-21)26-24(28)19-9-10-19/h3-8,13,18-19,22H,9-12,14-16H2,1-2H3,(H,26,28)/t22-/m1/s1. The Morgan fingerprint density at radius 1 is 1.17 bits per heavy atom. The predicted molar refractivity (Wildman–Crippen MR) is 114 cm³/mol. The van der Waals surface area contributed by atoms with E-state index in [2.05, 4.69) is 40.3 Å². The van der Waals surface area contributed by atoms with Gasteiger partial charge in [0.2, 0.25) is 5.91 Å². The van der Waals surface area contributed by atoms with Crippen LogP contribution < -0.4 is 10.1 Å². The molecule has 0 bridgehead atoms. The van der Waals surface area contributed by atoms with E-state index in [0.717, 1.165) is 56.8 Å². The lowest BCUT2D eigenvalue weighted by molar-refractivity contribution is -0.123. The number of piperidine rings is 1. The maximum atomic E-state index is 12.5. The van der Waals surface area contributed by atoms with Crippen molar-refractivity contribution in [3.8, 4) is 5.75 Å². The number of rotatable bonds is 7. The van der Waals surface area contributed by atoms with Gasteiger partial charge >= 0.3 is 0 Å². The van der Waals surface area contributed by atoms with Gasteiger partial charge in [-0.1, -0.05) is 24.3 Å². The molecule has 1 N–H and O–H groups in total. The Morgan fingerprint density at radius 2 is 1.97 bits per heavy atom. The zero-order chi connectivity index (χ0) is 20.2. The first kappa shape index (κ1) is 19.9. The molecule has 29 heavy (non-hydrogen) atoms. The van der Waals surface area contributed by atoms with Crippen molar-refractivity contribution in [2.75, 3.05) is 20.2 Å². The number of pyridine rings is 1. The molecule has 2 aliphatic rings. The van der Waals surface area contributed by atoms with E-state index in [4.69, 9.17) is 4.74 Å². The minimum absolute atomic E-state index is 0.0138. The second-order valence-electron chi connectivity index (χ2n) is 8.40. The number of ether oxygens (including phenoxy) is 1. The molecule has 1 aromatic carbocycles. The summed E-state index contributed by atoms with van der Waals surface area (Å²) in [5, 5.41) is 3.32. The van der Waals surface area contributed by atoms with Crippen LogP contribution in [0, 0.1) is 18.8 Å². The van der Waals surface area contributed by atoms with E-state index in [-0.39, 0.29) is 17.9 Å². The molecular formula is C24H31N3O2. The van der Waals surface area contributed by atoms with Crippen LogP contribution in [-0.2, 0) is 11.3 Å². The Balaban J connectivity index is 1.41. The SMILES string of the molecule is COc1c(C)cccc1CN1CCC([C@@H](NC(=O)C2CC2)c2ccccn2)CC1. The van der Waals surface area contributed by atoms with E-state index in [1.165, 1.54) is 11.1 Å². The Morgan fingerprint density at radius 3 is 2.62 bits per heavy atom. The quantitative estimate of drug-likeness (QED) is 0.776. The van der Waals surface area contributed by atoms with Crippen LogP contribution in [0.5, 0.6) is 5.75 Å². The maximum absolute atomic E-state index is 12.5. The summed E-state index contributed by atoms with van der Waals surface area (Å²) in [6.07, 6.45) is 5.99. The summed E-state index contributed by atoms with van der Waals surface area (Å²) in [7, 11) is 1.75. The van der Waals surface area contributed by atoms with Gasteiger partial charge in [0.05, 0.1) is 18.8 Å². The van der Waals surface area contributed by atoms with E-state index in [1.54, 1.807) is 7.11 Å². The lowest BCUT2D eigenvalue weighted by Gasteiger charge is -2.36. The Kier molecular flexibility index (Phi) is 6.14. The second-order valence-corrected chi connectivity index (χ2v) is 8.40. The van der Waals surface area contributed by atoms with Gasteiger partial charge < -0.3 is 10.1 Å². The zero-order valence-corrected chi connectivity index (χ0v) is 17.4. The Bertz CT molecular complexity index is 827. The van der Waals surface area contributed by atoms with E-state index in [0.29, 0.717) is 5.92 Å². The van der Waals surface area contributed by atoms with Crippen LogP contribution >= 0.6 is 0 Å². The third kappa shape index (κ3) is 4.78. The first-order valence-electron chi connectivity index (χ1n) is 10.7. The molecular weight excluding hydrogens is 362 g/mol. The number of likely N-dealkylation sites (tertiary alicyclic amines) is 1. The number of nitrogens with one attached hydrogen (secondary N) is 1. The number of para-hydroxylation sites is 1. The number of carbonyl (C=O) groups excluding carboxylic acids is 1. The third-order valence-corrected chi connectivity index (χ3v) is 6.25. The number of hydrogen-bond donors (Lipinski definition) is 1. The Labute approximate surface area is 173 Å². The summed E-state index contributed by atoms with van der Waals surface area (Å²) in [4.78, 5) is 19.5. The molecule has 2 heterocycles. The number of aromatic nitrogens is 1. The van der Waals surface area contributed by atoms with Crippen molar-refractivity contribution >= 4 is 5.91 Å². The average molecular weight is 394 g/mol. The molecule has 1 saturated carbocycles. The van der Waals surface area contributed by atoms with E-state index < -0.39 is 0 Å². The fourth-order valence-electron chi connectivity index (χ4n) is 4.42. The molecule has 1 aliphatic carbocycles. The highest BCUT2D eigenvalue weighted by atomic mass is 16.5. The predicted octanol–water partition coefficient (Wildman–Crippen LogP) is 3.88. The molecule has 2 fully saturated rings. The van der Waals surface area contributed by atoms with Gasteiger partial charge in [-0.15, -0.1) is 0 Å². The normalized spacial score (nSPS) is 19.0. The molecule has 5 heteroatoms. The van der Waals surface area contributed by atoms with Crippen molar-refractivity contribution in [3.05, 3.63) is 59.4 Å². The molecule has 1 saturated heterocycles. The number of benzene rings is 1. The van der Waals surface area contributed by atoms with Crippen LogP contribution in [0.4, 0.5) is 0 Å². The van der Waals surface area contributed by atoms with Gasteiger partial charge in [-0.25, -0.2) is 0 Å². The molecule has 0 unspecified atom stereocenters. The number of aryl methyl sites for hydroxylation is 1. The fourth-order valence-corrected chi connectivity index (χ4v) is 4.42. The van der Waals surface area contributed by atoms with Crippen LogP contribution in [0.25, 0.3) is 0 Å². The third-order valence-electron chi connectivity index (χ3n) is 6.25. The lowest BCUT2D eigenvalue weighted by atomic mass is 9.87. The van der Waals surface area contributed by atoms with Gasteiger partial charge in [0.1, 0.15) is 5.75 Å². The van der Waals surface area contributed by atoms with Crippen LogP contribution in [0.15, 0.2) is 42.6 Å². The summed E-state index contributed by atoms with van der Waals surface area (Å²) < 4.78 is 5.62. The van der Waals surface area contributed by atoms with Crippen molar-refractivity contribution in [1.82, 2.24) is 15.2 Å². The van der Waals surface area contributed by atoms with Gasteiger partial charge in [-0.3, -0.25) is 14.7 Å². The maximum Gasteiger partial charge on any atom is 0.223 e. The molecule has 5 nitrogen and oxygen atoms in total. The summed E-state index contributed by atoms with van der Waals surface area (Å²) in [5.74, 6) is 1.84. The minimum atomic E-state index is 0.0138. The zero-order valence-electron chi connectivity index (χ0n) is 17.4. The first-order chi connectivity index (χ1) is 14.2. The molecule has 154 valence electrons. The van der Waals surface area contributed by atoms with Gasteiger partial charge in [-0.2, -0.15) is 0 Å². The van der Waals surface area contributed by atoms with E-state index in [9.17, 15) is 4.79 Å². The number of hydrogen-bond acceptors (Lipinski definition) is 4. The average Bonchev–Trinajstić information content (AvgIpc) is 3.59. The molecule has 1 amide bonds. The molecule has 0 radical (unpaired) electrons. The van der Waals surface area contributed by atoms with Gasteiger partial charge in [-0.05, 0) is 69.3 Å². The Hall–Kier alpha value is -2.40. The highest BCUT2D eigenvalue weighted by Gasteiger charge is 2.35. The molecule has 2 aromatic rings. The van der Waals surface area contributed by atoms with Crippen LogP contribution in [0.2, 0.25) is 0 Å². The molecule has 1 atom stereocenters. The summed E-state index contributed by atoms with van der Waals surface area (Å²) in [6.45, 7) is 5.03. The number of carbonyl (C=O) groups is 1. The van der Waals surface area contributed by atoms with Crippen LogP contribution in [0.1, 0.15) is 48.5 Å². The van der Waals surface area contributed by atoms with Gasteiger partial charge in [0, 0.05) is 24.2 Å². The summed E-state index contributed by atoms with van der Waals surface area (Å²) in [5.41, 5.74) is 3.41. The number of amides is 1. The van der Waals surface area contributed by atoms with Crippen LogP contribution in [0.3, 0.4) is 0 Å². The van der Waals surface area contributed by atoms with E-state index in [1.807, 2.05) is 24.4 Å². The van der Waals surface area contributed by atoms with Crippen molar-refractivity contribution < 1.29 is 9.53 Å². The van der Waals surface area contributed by atoms with Crippen molar-refractivity contribution in [2.24, 2.45) is 11.8 Å². The lowest BCUT2D eigenvalue weighted by Crippen LogP contribution is -2.41. The number of methoxy groups -OCH3 is 1. The smallest absolute Gasteiger partial charge is 0.223 e. The fraction of sp³-hybridized carbons (Fsp3) is 0.500. The van der Waals surface area contributed by atoms with Crippen molar-refractivity contribution in [2.45, 2.75) is 45.2 Å². The topological polar surface area (TPSA) is 54.5 Å². The van der Waals surface area contributed by atoms with Crippen LogP contribution in [-0.4, -0.2) is 36.0 Å². The van der Waals surface area contributed by atoms with Gasteiger partial charge in [0.25, 0.3) is 0 Å². The summed E-state index contributed by atoms with van der Waals surface area (Å²) in [6, 6.07) is 12.4. The monoisotopic (exact) mass is 393 g/mol. The second kappa shape index (κ2) is 8.95. The van der Waals surface area contributed by atoms with Gasteiger partial charge in [0.15, 0.2) is 0 Å². The van der Waals surface area contributed by atoms with Crippen molar-refractivity contribution in [1.29, 1.82) is 0 Å². The summed E-state index contributed by atoms with van der Waals surface area (Å²) >= 11 is 0. The highest BCUT2D eigenvalue weighted by Crippen LogP contribution is 2.34. The largest absolute Gasteiger partial charge is 0.496 e. The molecule has 0 spiro atoms. The minimum Gasteiger partial charge on any atom is -0.496 e. The molecule has 4 rings (SSSR count).